The maximum Gasteiger partial charge on any atom is 0.314 e. The number of nitrogens with zero attached hydrogens (tertiary/aromatic N) is 3. The Morgan fingerprint density at radius 1 is 1.18 bits per heavy atom. The van der Waals surface area contributed by atoms with E-state index in [4.69, 9.17) is 0 Å². The van der Waals surface area contributed by atoms with E-state index >= 15 is 0 Å². The number of carbonyl (C=O) groups is 2. The average Bonchev–Trinajstić information content (AvgIpc) is 3.17. The number of hydrogen-bond donors (Lipinski definition) is 1. The van der Waals surface area contributed by atoms with Gasteiger partial charge in [-0.15, -0.1) is 0 Å². The molecule has 3 rings (SSSR count). The van der Waals surface area contributed by atoms with Crippen LogP contribution in [0.5, 0.6) is 0 Å². The molecule has 1 N–H and O–H groups in total. The molecule has 33 heavy (non-hydrogen) atoms. The molecule has 8 nitrogen and oxygen atoms in total. The molecule has 0 spiro atoms. The van der Waals surface area contributed by atoms with E-state index < -0.39 is 40.2 Å². The van der Waals surface area contributed by atoms with Crippen LogP contribution in [0.2, 0.25) is 0 Å². The molecule has 3 aromatic rings. The summed E-state index contributed by atoms with van der Waals surface area (Å²) in [4.78, 5) is 41.6. The number of nitrogens with one attached hydrogen (secondary N) is 1. The number of amides is 1. The minimum absolute atomic E-state index is 0.0476. The quantitative estimate of drug-likeness (QED) is 0.302. The number of benzene rings is 2. The Morgan fingerprint density at radius 3 is 2.52 bits per heavy atom. The van der Waals surface area contributed by atoms with E-state index in [9.17, 15) is 28.5 Å². The number of nitro benzene ring substituents is 1. The van der Waals surface area contributed by atoms with Crippen molar-refractivity contribution in [2.24, 2.45) is 0 Å². The lowest BCUT2D eigenvalue weighted by molar-refractivity contribution is -0.385. The van der Waals surface area contributed by atoms with Gasteiger partial charge in [-0.05, 0) is 62.3 Å². The molecule has 174 valence electrons. The van der Waals surface area contributed by atoms with Crippen LogP contribution in [0.1, 0.15) is 11.1 Å². The molecule has 1 aromatic heterocycles. The second-order valence-corrected chi connectivity index (χ2v) is 8.06. The second-order valence-electron chi connectivity index (χ2n) is 8.06. The third-order valence-corrected chi connectivity index (χ3v) is 5.69. The molecule has 0 saturated carbocycles. The molecular weight excluding hydrogens is 434 g/mol. The van der Waals surface area contributed by atoms with Gasteiger partial charge in [0.1, 0.15) is 12.1 Å². The third-order valence-electron chi connectivity index (χ3n) is 5.69. The Kier molecular flexibility index (Phi) is 7.17. The number of aldehydes is 1. The van der Waals surface area contributed by atoms with Gasteiger partial charge in [-0.1, -0.05) is 12.1 Å². The number of fused-ring (bicyclic) bond motifs is 1. The van der Waals surface area contributed by atoms with E-state index in [1.165, 1.54) is 42.4 Å². The van der Waals surface area contributed by atoms with Gasteiger partial charge < -0.3 is 14.7 Å². The first kappa shape index (κ1) is 24.0. The summed E-state index contributed by atoms with van der Waals surface area (Å²) in [6.45, 7) is 0. The topological polar surface area (TPSA) is 99.6 Å². The van der Waals surface area contributed by atoms with Crippen molar-refractivity contribution in [1.29, 1.82) is 0 Å². The fraction of sp³-hybridized carbons (Fsp3) is 0.304. The molecule has 1 heterocycles. The van der Waals surface area contributed by atoms with Crippen molar-refractivity contribution in [2.75, 3.05) is 21.1 Å². The minimum Gasteiger partial charge on any atom is -0.361 e. The van der Waals surface area contributed by atoms with E-state index in [1.807, 2.05) is 0 Å². The number of likely N-dealkylation sites (N-methyl/N-ethyl adjacent to an activating group) is 2. The van der Waals surface area contributed by atoms with E-state index in [0.717, 1.165) is 6.07 Å². The molecule has 2 aromatic carbocycles. The lowest BCUT2D eigenvalue weighted by atomic mass is 10.00. The molecular formula is C23H24F2N4O4. The number of rotatable bonds is 9. The highest BCUT2D eigenvalue weighted by atomic mass is 19.1. The van der Waals surface area contributed by atoms with Crippen LogP contribution >= 0.6 is 0 Å². The van der Waals surface area contributed by atoms with Crippen molar-refractivity contribution >= 4 is 28.8 Å². The number of aromatic nitrogens is 1. The van der Waals surface area contributed by atoms with Crippen molar-refractivity contribution in [3.8, 4) is 0 Å². The predicted octanol–water partition coefficient (Wildman–Crippen LogP) is 3.10. The molecule has 0 radical (unpaired) electrons. The van der Waals surface area contributed by atoms with Gasteiger partial charge in [-0.2, -0.15) is 4.39 Å². The van der Waals surface area contributed by atoms with Gasteiger partial charge in [0.25, 0.3) is 0 Å². The molecule has 0 fully saturated rings. The minimum atomic E-state index is -0.964. The fourth-order valence-electron chi connectivity index (χ4n) is 3.87. The molecule has 10 heteroatoms. The Labute approximate surface area is 188 Å². The normalized spacial score (nSPS) is 13.2. The zero-order chi connectivity index (χ0) is 24.3. The van der Waals surface area contributed by atoms with Crippen LogP contribution in [0.4, 0.5) is 14.5 Å². The summed E-state index contributed by atoms with van der Waals surface area (Å²) in [6.07, 6.45) is 2.33. The lowest BCUT2D eigenvalue weighted by Crippen LogP contribution is -2.50. The Balaban J connectivity index is 1.90. The van der Waals surface area contributed by atoms with Gasteiger partial charge >= 0.3 is 5.69 Å². The smallest absolute Gasteiger partial charge is 0.314 e. The summed E-state index contributed by atoms with van der Waals surface area (Å²) in [5, 5.41) is 11.6. The maximum atomic E-state index is 14.2. The van der Waals surface area contributed by atoms with Crippen LogP contribution in [0.3, 0.4) is 0 Å². The van der Waals surface area contributed by atoms with Crippen molar-refractivity contribution in [2.45, 2.75) is 24.9 Å². The van der Waals surface area contributed by atoms with Crippen molar-refractivity contribution < 1.29 is 23.3 Å². The van der Waals surface area contributed by atoms with Crippen molar-refractivity contribution in [3.05, 3.63) is 75.5 Å². The first-order valence-corrected chi connectivity index (χ1v) is 10.2. The average molecular weight is 458 g/mol. The monoisotopic (exact) mass is 458 g/mol. The highest BCUT2D eigenvalue weighted by Crippen LogP contribution is 2.32. The van der Waals surface area contributed by atoms with Crippen LogP contribution in [0.15, 0.2) is 42.6 Å². The van der Waals surface area contributed by atoms with Crippen LogP contribution < -0.4 is 0 Å². The summed E-state index contributed by atoms with van der Waals surface area (Å²) in [6, 6.07) is 6.59. The Morgan fingerprint density at radius 2 is 1.91 bits per heavy atom. The zero-order valence-electron chi connectivity index (χ0n) is 18.4. The van der Waals surface area contributed by atoms with Crippen LogP contribution in [-0.2, 0) is 22.4 Å². The van der Waals surface area contributed by atoms with Gasteiger partial charge in [-0.3, -0.25) is 19.8 Å². The number of nitro groups is 1. The molecule has 0 aliphatic carbocycles. The highest BCUT2D eigenvalue weighted by Gasteiger charge is 2.31. The van der Waals surface area contributed by atoms with Gasteiger partial charge in [-0.25, -0.2) is 4.39 Å². The van der Waals surface area contributed by atoms with Gasteiger partial charge in [0.05, 0.1) is 27.9 Å². The number of hydrogen-bond acceptors (Lipinski definition) is 5. The summed E-state index contributed by atoms with van der Waals surface area (Å²) < 4.78 is 27.7. The van der Waals surface area contributed by atoms with Gasteiger partial charge in [0.2, 0.25) is 11.7 Å². The van der Waals surface area contributed by atoms with Crippen LogP contribution in [0.25, 0.3) is 10.9 Å². The van der Waals surface area contributed by atoms with E-state index in [1.54, 1.807) is 25.1 Å². The second kappa shape index (κ2) is 9.86. The molecule has 1 amide bonds. The number of halogens is 2. The maximum absolute atomic E-state index is 14.2. The summed E-state index contributed by atoms with van der Waals surface area (Å²) in [5.41, 5.74) is 0.701. The fourth-order valence-corrected chi connectivity index (χ4v) is 3.87. The molecule has 0 saturated heterocycles. The highest BCUT2D eigenvalue weighted by molar-refractivity contribution is 5.93. The van der Waals surface area contributed by atoms with E-state index in [0.29, 0.717) is 22.9 Å². The number of carbonyl (C=O) groups excluding carboxylic acids is 2. The Hall–Kier alpha value is -3.66. The molecule has 0 bridgehead atoms. The first-order chi connectivity index (χ1) is 15.6. The van der Waals surface area contributed by atoms with Gasteiger partial charge in [0, 0.05) is 13.2 Å². The predicted molar refractivity (Wildman–Crippen MR) is 119 cm³/mol. The Bertz CT molecular complexity index is 1190. The van der Waals surface area contributed by atoms with Crippen molar-refractivity contribution in [3.63, 3.8) is 0 Å². The van der Waals surface area contributed by atoms with Gasteiger partial charge in [0.15, 0.2) is 0 Å². The molecule has 0 aliphatic heterocycles. The SMILES string of the molecule is CN(C)C(Cc1c[nH]c2ccc(F)c([N+](=O)[O-])c12)C(=O)N(C)C(C=O)Cc1cccc(F)c1. The van der Waals surface area contributed by atoms with E-state index in [-0.39, 0.29) is 18.2 Å². The number of H-pyrrole nitrogens is 1. The molecule has 2 atom stereocenters. The zero-order valence-corrected chi connectivity index (χ0v) is 18.4. The van der Waals surface area contributed by atoms with E-state index in [2.05, 4.69) is 4.98 Å². The molecule has 0 aliphatic rings. The lowest BCUT2D eigenvalue weighted by Gasteiger charge is -2.31. The summed E-state index contributed by atoms with van der Waals surface area (Å²) in [7, 11) is 4.82. The summed E-state index contributed by atoms with van der Waals surface area (Å²) >= 11 is 0. The van der Waals surface area contributed by atoms with Crippen molar-refractivity contribution in [1.82, 2.24) is 14.8 Å². The van der Waals surface area contributed by atoms with Crippen LogP contribution in [-0.4, -0.2) is 65.1 Å². The standard InChI is InChI=1S/C23H24F2N4O4/c1-27(2)20(11-15-12-26-19-8-7-18(25)22(21(15)19)29(32)33)23(31)28(3)17(13-30)10-14-5-4-6-16(24)9-14/h4-9,12-13,17,20,26H,10-11H2,1-3H3. The largest absolute Gasteiger partial charge is 0.361 e. The number of aromatic amines is 1. The molecule has 2 unspecified atom stereocenters. The van der Waals surface area contributed by atoms with Crippen LogP contribution in [0, 0.1) is 21.7 Å². The summed E-state index contributed by atoms with van der Waals surface area (Å²) in [5.74, 6) is -1.80. The third kappa shape index (κ3) is 5.06. The first-order valence-electron chi connectivity index (χ1n) is 10.2.